The molecule has 7 aromatic rings. The molecule has 0 N–H and O–H groups in total. The van der Waals surface area contributed by atoms with Crippen LogP contribution in [0.3, 0.4) is 0 Å². The molecule has 0 bridgehead atoms. The van der Waals surface area contributed by atoms with Crippen LogP contribution in [-0.4, -0.2) is 8.07 Å². The number of hydrogen-bond acceptors (Lipinski definition) is 0. The molecule has 0 nitrogen and oxygen atoms in total. The highest BCUT2D eigenvalue weighted by molar-refractivity contribution is 6.98. The van der Waals surface area contributed by atoms with Gasteiger partial charge in [0.05, 0.1) is 0 Å². The summed E-state index contributed by atoms with van der Waals surface area (Å²) in [6.45, 7) is 10.4. The molecule has 0 amide bonds. The third-order valence-corrected chi connectivity index (χ3v) is 18.1. The van der Waals surface area contributed by atoms with Crippen molar-refractivity contribution in [2.75, 3.05) is 0 Å². The zero-order chi connectivity index (χ0) is 38.4. The quantitative estimate of drug-likeness (QED) is 0.157. The third kappa shape index (κ3) is 5.18. The molecule has 0 radical (unpaired) electrons. The van der Waals surface area contributed by atoms with Crippen molar-refractivity contribution in [3.8, 4) is 11.1 Å². The molecule has 276 valence electrons. The highest BCUT2D eigenvalue weighted by atomic mass is 28.3. The lowest BCUT2D eigenvalue weighted by atomic mass is 9.60. The first-order valence-electron chi connectivity index (χ1n) is 21.0. The van der Waals surface area contributed by atoms with Gasteiger partial charge in [-0.3, -0.25) is 0 Å². The van der Waals surface area contributed by atoms with E-state index >= 15 is 0 Å². The van der Waals surface area contributed by atoms with E-state index in [1.54, 1.807) is 16.0 Å². The fourth-order valence-corrected chi connectivity index (χ4v) is 15.8. The lowest BCUT2D eigenvalue weighted by Gasteiger charge is -2.45. The summed E-state index contributed by atoms with van der Waals surface area (Å²) in [4.78, 5) is 0. The Morgan fingerprint density at radius 1 is 0.526 bits per heavy atom. The predicted octanol–water partition coefficient (Wildman–Crippen LogP) is 11.9. The van der Waals surface area contributed by atoms with E-state index in [9.17, 15) is 0 Å². The zero-order valence-corrected chi connectivity index (χ0v) is 34.3. The summed E-state index contributed by atoms with van der Waals surface area (Å²) < 4.78 is 0. The Kier molecular flexibility index (Phi) is 7.96. The predicted molar refractivity (Wildman–Crippen MR) is 243 cm³/mol. The van der Waals surface area contributed by atoms with Gasteiger partial charge in [0.2, 0.25) is 0 Å². The molecule has 0 spiro atoms. The van der Waals surface area contributed by atoms with E-state index in [1.165, 1.54) is 76.9 Å². The van der Waals surface area contributed by atoms with Gasteiger partial charge in [0, 0.05) is 17.8 Å². The maximum Gasteiger partial charge on any atom is 0.109 e. The molecular formula is C56H48Si. The molecule has 1 heteroatoms. The Balaban J connectivity index is 1.28. The van der Waals surface area contributed by atoms with E-state index in [0.717, 1.165) is 6.42 Å². The van der Waals surface area contributed by atoms with Gasteiger partial charge < -0.3 is 0 Å². The standard InChI is InChI=1S/C56H48Si/c1-35-32-47(39-20-9-6-10-21-39)42-25-13-14-27-45(42)52(35)55-46-31-30-40(37-18-7-5-8-19-37)33-48(46)54(44-28-17-23-38-22-11-12-24-41(38)44)53-36(2)56-49(34-50(53)55)43-26-15-16-29-51(43)57(56,3)4/h5-31,33-36,47,52-53H,32H2,1-4H3. The highest BCUT2D eigenvalue weighted by Gasteiger charge is 2.49. The molecular weight excluding hydrogens is 701 g/mol. The van der Waals surface area contributed by atoms with Gasteiger partial charge in [0.25, 0.3) is 0 Å². The molecule has 0 fully saturated rings. The van der Waals surface area contributed by atoms with Gasteiger partial charge in [-0.2, -0.15) is 0 Å². The van der Waals surface area contributed by atoms with E-state index in [4.69, 9.17) is 0 Å². The van der Waals surface area contributed by atoms with Crippen molar-refractivity contribution in [1.82, 2.24) is 0 Å². The second-order valence-corrected chi connectivity index (χ2v) is 22.0. The lowest BCUT2D eigenvalue weighted by molar-refractivity contribution is 0.427. The normalized spacial score (nSPS) is 22.9. The minimum Gasteiger partial charge on any atom is -0.0647 e. The summed E-state index contributed by atoms with van der Waals surface area (Å²) in [5.74, 6) is 1.65. The number of benzene rings is 7. The summed E-state index contributed by atoms with van der Waals surface area (Å²) >= 11 is 0. The molecule has 0 saturated heterocycles. The van der Waals surface area contributed by atoms with E-state index in [-0.39, 0.29) is 11.8 Å². The molecule has 11 rings (SSSR count). The average molecular weight is 749 g/mol. The molecule has 1 aliphatic heterocycles. The Morgan fingerprint density at radius 3 is 2.02 bits per heavy atom. The second kappa shape index (κ2) is 13.1. The molecule has 3 aliphatic carbocycles. The van der Waals surface area contributed by atoms with Crippen LogP contribution >= 0.6 is 0 Å². The minimum absolute atomic E-state index is 0.218. The smallest absolute Gasteiger partial charge is 0.0647 e. The largest absolute Gasteiger partial charge is 0.109 e. The van der Waals surface area contributed by atoms with Crippen molar-refractivity contribution in [1.29, 1.82) is 0 Å². The van der Waals surface area contributed by atoms with Crippen LogP contribution in [0.25, 0.3) is 38.6 Å². The van der Waals surface area contributed by atoms with Crippen molar-refractivity contribution in [2.45, 2.75) is 45.2 Å². The Bertz CT molecular complexity index is 2940. The molecule has 7 aromatic carbocycles. The summed E-state index contributed by atoms with van der Waals surface area (Å²) in [5.41, 5.74) is 15.9. The van der Waals surface area contributed by atoms with Crippen LogP contribution in [0.1, 0.15) is 59.9 Å². The van der Waals surface area contributed by atoms with E-state index < -0.39 is 8.07 Å². The van der Waals surface area contributed by atoms with Gasteiger partial charge in [-0.05, 0) is 112 Å². The number of allylic oxidation sites excluding steroid dienone is 4. The molecule has 57 heavy (non-hydrogen) atoms. The fraction of sp³-hybridized carbons (Fsp3) is 0.179. The Hall–Kier alpha value is -5.76. The molecule has 4 aliphatic rings. The molecule has 1 heterocycles. The van der Waals surface area contributed by atoms with Crippen LogP contribution in [0.2, 0.25) is 13.1 Å². The molecule has 0 saturated carbocycles. The van der Waals surface area contributed by atoms with E-state index in [2.05, 4.69) is 203 Å². The number of fused-ring (bicyclic) bond motifs is 6. The third-order valence-electron chi connectivity index (χ3n) is 14.2. The minimum atomic E-state index is -1.97. The van der Waals surface area contributed by atoms with Crippen LogP contribution in [0, 0.1) is 17.8 Å². The summed E-state index contributed by atoms with van der Waals surface area (Å²) in [7, 11) is -1.97. The van der Waals surface area contributed by atoms with Crippen molar-refractivity contribution < 1.29 is 0 Å². The van der Waals surface area contributed by atoms with Gasteiger partial charge >= 0.3 is 0 Å². The Morgan fingerprint density at radius 2 is 1.19 bits per heavy atom. The van der Waals surface area contributed by atoms with Gasteiger partial charge in [-0.1, -0.05) is 202 Å². The van der Waals surface area contributed by atoms with Crippen LogP contribution < -0.4 is 15.6 Å². The zero-order valence-electron chi connectivity index (χ0n) is 33.3. The summed E-state index contributed by atoms with van der Waals surface area (Å²) in [6, 6.07) is 64.6. The average Bonchev–Trinajstić information content (AvgIpc) is 3.49. The monoisotopic (exact) mass is 748 g/mol. The second-order valence-electron chi connectivity index (χ2n) is 17.6. The van der Waals surface area contributed by atoms with Gasteiger partial charge in [0.15, 0.2) is 0 Å². The number of rotatable bonds is 4. The van der Waals surface area contributed by atoms with Crippen LogP contribution in [0.15, 0.2) is 187 Å². The maximum absolute atomic E-state index is 2.72. The van der Waals surface area contributed by atoms with Crippen molar-refractivity contribution >= 4 is 40.8 Å². The Labute approximate surface area is 338 Å². The van der Waals surface area contributed by atoms with Crippen molar-refractivity contribution in [3.05, 3.63) is 225 Å². The van der Waals surface area contributed by atoms with E-state index in [1.807, 2.05) is 0 Å². The summed E-state index contributed by atoms with van der Waals surface area (Å²) in [6.07, 6.45) is 3.84. The molecule has 5 unspecified atom stereocenters. The molecule has 5 atom stereocenters. The van der Waals surface area contributed by atoms with Gasteiger partial charge in [-0.15, -0.1) is 0 Å². The van der Waals surface area contributed by atoms with Crippen LogP contribution in [0.4, 0.5) is 0 Å². The van der Waals surface area contributed by atoms with Crippen LogP contribution in [-0.2, 0) is 0 Å². The van der Waals surface area contributed by atoms with Crippen molar-refractivity contribution in [2.24, 2.45) is 17.8 Å². The fourth-order valence-electron chi connectivity index (χ4n) is 11.9. The van der Waals surface area contributed by atoms with Gasteiger partial charge in [0.1, 0.15) is 8.07 Å². The lowest BCUT2D eigenvalue weighted by Crippen LogP contribution is -2.47. The topological polar surface area (TPSA) is 0 Å². The number of hydrogen-bond donors (Lipinski definition) is 0. The van der Waals surface area contributed by atoms with Crippen LogP contribution in [0.5, 0.6) is 0 Å². The highest BCUT2D eigenvalue weighted by Crippen LogP contribution is 2.57. The first kappa shape index (κ1) is 34.5. The van der Waals surface area contributed by atoms with Gasteiger partial charge in [-0.25, -0.2) is 0 Å². The van der Waals surface area contributed by atoms with E-state index in [0.29, 0.717) is 17.8 Å². The SMILES string of the molecule is CC1CC(c2ccccc2)c2ccccc2C1C1=c2ccc(-c3ccccc3)cc2=C(c2cccc3ccccc23)C2C1=CC1=C(C2C)[Si](C)(C)c2ccccc21. The molecule has 0 aromatic heterocycles. The first-order valence-corrected chi connectivity index (χ1v) is 24.0. The first-order chi connectivity index (χ1) is 27.9. The summed E-state index contributed by atoms with van der Waals surface area (Å²) in [5, 5.41) is 8.77. The van der Waals surface area contributed by atoms with Crippen molar-refractivity contribution in [3.63, 3.8) is 0 Å². The maximum atomic E-state index is 2.72.